The zero-order chi connectivity index (χ0) is 19.2. The lowest BCUT2D eigenvalue weighted by Gasteiger charge is -2.06. The van der Waals surface area contributed by atoms with Crippen LogP contribution in [0.1, 0.15) is 15.9 Å². The van der Waals surface area contributed by atoms with Gasteiger partial charge in [-0.15, -0.1) is 10.2 Å². The third kappa shape index (κ3) is 4.70. The fourth-order valence-corrected chi connectivity index (χ4v) is 3.08. The van der Waals surface area contributed by atoms with E-state index < -0.39 is 5.97 Å². The molecule has 2 heterocycles. The van der Waals surface area contributed by atoms with Crippen LogP contribution in [0.25, 0.3) is 11.4 Å². The molecule has 0 bridgehead atoms. The molecule has 0 unspecified atom stereocenters. The summed E-state index contributed by atoms with van der Waals surface area (Å²) >= 11 is 1.30. The van der Waals surface area contributed by atoms with Crippen molar-refractivity contribution in [3.8, 4) is 11.4 Å². The van der Waals surface area contributed by atoms with E-state index in [0.717, 1.165) is 11.1 Å². The number of benzene rings is 1. The van der Waals surface area contributed by atoms with Gasteiger partial charge in [0, 0.05) is 31.5 Å². The van der Waals surface area contributed by atoms with Crippen LogP contribution in [-0.2, 0) is 18.4 Å². The minimum atomic E-state index is -0.975. The van der Waals surface area contributed by atoms with E-state index in [2.05, 4.69) is 20.5 Å². The standard InChI is InChI=1S/C18H17N5O3S/c1-23-16(13-6-8-19-9-7-13)21-22-18(23)27-11-15(24)20-10-12-2-4-14(5-3-12)17(25)26/h2-9H,10-11H2,1H3,(H,20,24)(H,25,26). The van der Waals surface area contributed by atoms with E-state index in [-0.39, 0.29) is 17.2 Å². The summed E-state index contributed by atoms with van der Waals surface area (Å²) in [6, 6.07) is 10.1. The fourth-order valence-electron chi connectivity index (χ4n) is 2.34. The molecule has 2 N–H and O–H groups in total. The maximum Gasteiger partial charge on any atom is 0.335 e. The molecule has 1 aromatic carbocycles. The van der Waals surface area contributed by atoms with Crippen molar-refractivity contribution in [3.63, 3.8) is 0 Å². The SMILES string of the molecule is Cn1c(SCC(=O)NCc2ccc(C(=O)O)cc2)nnc1-c1ccncc1. The summed E-state index contributed by atoms with van der Waals surface area (Å²) in [5.41, 5.74) is 1.95. The van der Waals surface area contributed by atoms with Crippen LogP contribution in [0.3, 0.4) is 0 Å². The van der Waals surface area contributed by atoms with Crippen molar-refractivity contribution < 1.29 is 14.7 Å². The summed E-state index contributed by atoms with van der Waals surface area (Å²) in [5.74, 6) is -0.207. The maximum atomic E-state index is 12.1. The first kappa shape index (κ1) is 18.6. The molecule has 0 aliphatic rings. The Balaban J connectivity index is 1.52. The molecular formula is C18H17N5O3S. The Labute approximate surface area is 159 Å². The normalized spacial score (nSPS) is 10.6. The number of nitrogens with zero attached hydrogens (tertiary/aromatic N) is 4. The van der Waals surface area contributed by atoms with Crippen molar-refractivity contribution in [3.05, 3.63) is 59.9 Å². The Kier molecular flexibility index (Phi) is 5.82. The summed E-state index contributed by atoms with van der Waals surface area (Å²) in [5, 5.41) is 20.6. The molecular weight excluding hydrogens is 366 g/mol. The predicted molar refractivity (Wildman–Crippen MR) is 100 cm³/mol. The Hall–Kier alpha value is -3.20. The molecule has 0 spiro atoms. The summed E-state index contributed by atoms with van der Waals surface area (Å²) < 4.78 is 1.83. The third-order valence-electron chi connectivity index (χ3n) is 3.80. The zero-order valence-electron chi connectivity index (χ0n) is 14.5. The second kappa shape index (κ2) is 8.45. The van der Waals surface area contributed by atoms with Crippen molar-refractivity contribution in [2.24, 2.45) is 7.05 Å². The number of thioether (sulfide) groups is 1. The largest absolute Gasteiger partial charge is 0.478 e. The van der Waals surface area contributed by atoms with E-state index in [0.29, 0.717) is 17.5 Å². The van der Waals surface area contributed by atoms with E-state index in [1.54, 1.807) is 24.5 Å². The van der Waals surface area contributed by atoms with Gasteiger partial charge in [-0.2, -0.15) is 0 Å². The van der Waals surface area contributed by atoms with E-state index in [1.165, 1.54) is 23.9 Å². The first-order valence-corrected chi connectivity index (χ1v) is 9.04. The number of pyridine rings is 1. The van der Waals surface area contributed by atoms with Gasteiger partial charge in [-0.1, -0.05) is 23.9 Å². The lowest BCUT2D eigenvalue weighted by Crippen LogP contribution is -2.24. The average Bonchev–Trinajstić information content (AvgIpc) is 3.06. The second-order valence-electron chi connectivity index (χ2n) is 5.67. The summed E-state index contributed by atoms with van der Waals surface area (Å²) in [6.45, 7) is 0.334. The van der Waals surface area contributed by atoms with Crippen LogP contribution in [0.15, 0.2) is 53.9 Å². The van der Waals surface area contributed by atoms with Gasteiger partial charge in [0.15, 0.2) is 11.0 Å². The van der Waals surface area contributed by atoms with Crippen LogP contribution in [-0.4, -0.2) is 42.5 Å². The van der Waals surface area contributed by atoms with Gasteiger partial charge in [-0.25, -0.2) is 4.79 Å². The smallest absolute Gasteiger partial charge is 0.335 e. The van der Waals surface area contributed by atoms with Crippen LogP contribution < -0.4 is 5.32 Å². The molecule has 1 amide bonds. The third-order valence-corrected chi connectivity index (χ3v) is 4.82. The first-order chi connectivity index (χ1) is 13.0. The van der Waals surface area contributed by atoms with E-state index in [4.69, 9.17) is 5.11 Å². The maximum absolute atomic E-state index is 12.1. The minimum absolute atomic E-state index is 0.143. The van der Waals surface area contributed by atoms with E-state index >= 15 is 0 Å². The van der Waals surface area contributed by atoms with Crippen LogP contribution >= 0.6 is 11.8 Å². The lowest BCUT2D eigenvalue weighted by molar-refractivity contribution is -0.118. The van der Waals surface area contributed by atoms with Gasteiger partial charge in [-0.05, 0) is 29.8 Å². The van der Waals surface area contributed by atoms with Crippen molar-refractivity contribution >= 4 is 23.6 Å². The van der Waals surface area contributed by atoms with Crippen LogP contribution in [0, 0.1) is 0 Å². The summed E-state index contributed by atoms with van der Waals surface area (Å²) in [6.07, 6.45) is 3.38. The number of carboxylic acid groups (broad SMARTS) is 1. The monoisotopic (exact) mass is 383 g/mol. The number of hydrogen-bond donors (Lipinski definition) is 2. The van der Waals surface area contributed by atoms with Crippen molar-refractivity contribution in [1.29, 1.82) is 0 Å². The van der Waals surface area contributed by atoms with Gasteiger partial charge in [-0.3, -0.25) is 9.78 Å². The highest BCUT2D eigenvalue weighted by molar-refractivity contribution is 7.99. The molecule has 138 valence electrons. The van der Waals surface area contributed by atoms with Gasteiger partial charge in [0.25, 0.3) is 0 Å². The number of aromatic nitrogens is 4. The van der Waals surface area contributed by atoms with Crippen LogP contribution in [0.5, 0.6) is 0 Å². The Morgan fingerprint density at radius 2 is 1.81 bits per heavy atom. The number of carbonyl (C=O) groups is 2. The average molecular weight is 383 g/mol. The van der Waals surface area contributed by atoms with Crippen molar-refractivity contribution in [2.45, 2.75) is 11.7 Å². The quantitative estimate of drug-likeness (QED) is 0.600. The second-order valence-corrected chi connectivity index (χ2v) is 6.61. The van der Waals surface area contributed by atoms with Crippen molar-refractivity contribution in [2.75, 3.05) is 5.75 Å². The molecule has 0 atom stereocenters. The summed E-state index contributed by atoms with van der Waals surface area (Å²) in [4.78, 5) is 26.9. The van der Waals surface area contributed by atoms with Gasteiger partial charge in [0.2, 0.25) is 5.91 Å². The minimum Gasteiger partial charge on any atom is -0.478 e. The molecule has 9 heteroatoms. The molecule has 2 aromatic heterocycles. The molecule has 3 rings (SSSR count). The first-order valence-electron chi connectivity index (χ1n) is 8.06. The number of carbonyl (C=O) groups excluding carboxylic acids is 1. The molecule has 0 aliphatic heterocycles. The molecule has 0 fully saturated rings. The van der Waals surface area contributed by atoms with Gasteiger partial charge >= 0.3 is 5.97 Å². The highest BCUT2D eigenvalue weighted by Gasteiger charge is 2.12. The van der Waals surface area contributed by atoms with Gasteiger partial charge in [0.05, 0.1) is 11.3 Å². The van der Waals surface area contributed by atoms with E-state index in [9.17, 15) is 9.59 Å². The zero-order valence-corrected chi connectivity index (χ0v) is 15.3. The van der Waals surface area contributed by atoms with E-state index in [1.807, 2.05) is 23.7 Å². The number of nitrogens with one attached hydrogen (secondary N) is 1. The number of amides is 1. The molecule has 0 aliphatic carbocycles. The Bertz CT molecular complexity index is 941. The predicted octanol–water partition coefficient (Wildman–Crippen LogP) is 1.98. The topological polar surface area (TPSA) is 110 Å². The summed E-state index contributed by atoms with van der Waals surface area (Å²) in [7, 11) is 1.85. The van der Waals surface area contributed by atoms with Crippen LogP contribution in [0.4, 0.5) is 0 Å². The Morgan fingerprint density at radius 1 is 1.11 bits per heavy atom. The molecule has 0 saturated carbocycles. The number of carboxylic acids is 1. The number of rotatable bonds is 7. The van der Waals surface area contributed by atoms with Gasteiger partial charge < -0.3 is 15.0 Å². The lowest BCUT2D eigenvalue weighted by atomic mass is 10.1. The fraction of sp³-hybridized carbons (Fsp3) is 0.167. The highest BCUT2D eigenvalue weighted by atomic mass is 32.2. The van der Waals surface area contributed by atoms with Crippen LogP contribution in [0.2, 0.25) is 0 Å². The number of aromatic carboxylic acids is 1. The highest BCUT2D eigenvalue weighted by Crippen LogP contribution is 2.21. The Morgan fingerprint density at radius 3 is 2.48 bits per heavy atom. The van der Waals surface area contributed by atoms with Crippen molar-refractivity contribution in [1.82, 2.24) is 25.1 Å². The molecule has 0 radical (unpaired) electrons. The molecule has 3 aromatic rings. The molecule has 27 heavy (non-hydrogen) atoms. The van der Waals surface area contributed by atoms with Gasteiger partial charge in [0.1, 0.15) is 0 Å². The molecule has 8 nitrogen and oxygen atoms in total. The molecule has 0 saturated heterocycles. The number of hydrogen-bond acceptors (Lipinski definition) is 6.